The highest BCUT2D eigenvalue weighted by molar-refractivity contribution is 5.83. The Morgan fingerprint density at radius 2 is 1.94 bits per heavy atom. The van der Waals surface area contributed by atoms with Gasteiger partial charge in [0.1, 0.15) is 11.3 Å². The number of nitrogens with two attached hydrogens (primary N) is 1. The summed E-state index contributed by atoms with van der Waals surface area (Å²) in [7, 11) is 0. The third-order valence-electron chi connectivity index (χ3n) is 3.22. The van der Waals surface area contributed by atoms with Crippen LogP contribution < -0.4 is 5.73 Å². The summed E-state index contributed by atoms with van der Waals surface area (Å²) in [6.07, 6.45) is 0.970. The van der Waals surface area contributed by atoms with E-state index in [1.807, 2.05) is 19.1 Å². The molecular weight excluding hydrogens is 198 g/mol. The van der Waals surface area contributed by atoms with Crippen LogP contribution in [0.4, 0.5) is 0 Å². The van der Waals surface area contributed by atoms with E-state index in [-0.39, 0.29) is 5.41 Å². The van der Waals surface area contributed by atoms with Crippen LogP contribution in [0.15, 0.2) is 28.7 Å². The Labute approximate surface area is 96.4 Å². The van der Waals surface area contributed by atoms with Gasteiger partial charge in [-0.15, -0.1) is 0 Å². The molecule has 2 heteroatoms. The normalized spacial score (nSPS) is 12.2. The second-order valence-electron chi connectivity index (χ2n) is 4.95. The summed E-state index contributed by atoms with van der Waals surface area (Å²) in [5, 5.41) is 1.22. The van der Waals surface area contributed by atoms with E-state index in [9.17, 15) is 0 Å². The zero-order valence-corrected chi connectivity index (χ0v) is 10.2. The molecule has 0 aliphatic carbocycles. The van der Waals surface area contributed by atoms with Crippen molar-refractivity contribution >= 4 is 11.0 Å². The standard InChI is InChI=1S/C14H19NO/c1-10-13(14(2,3)8-9-15)11-6-4-5-7-12(11)16-10/h4-7H,8-9,15H2,1-3H3. The van der Waals surface area contributed by atoms with Gasteiger partial charge >= 0.3 is 0 Å². The van der Waals surface area contributed by atoms with Crippen LogP contribution in [0.3, 0.4) is 0 Å². The molecule has 2 N–H and O–H groups in total. The third kappa shape index (κ3) is 1.74. The summed E-state index contributed by atoms with van der Waals surface area (Å²) in [6, 6.07) is 8.20. The molecule has 1 heterocycles. The van der Waals surface area contributed by atoms with Crippen LogP contribution in [0.1, 0.15) is 31.6 Å². The lowest BCUT2D eigenvalue weighted by molar-refractivity contribution is 0.469. The van der Waals surface area contributed by atoms with Gasteiger partial charge in [-0.2, -0.15) is 0 Å². The van der Waals surface area contributed by atoms with Crippen molar-refractivity contribution in [2.24, 2.45) is 5.73 Å². The maximum atomic E-state index is 5.79. The molecule has 0 radical (unpaired) electrons. The van der Waals surface area contributed by atoms with Gasteiger partial charge < -0.3 is 10.2 Å². The summed E-state index contributed by atoms with van der Waals surface area (Å²) >= 11 is 0. The highest BCUT2D eigenvalue weighted by Gasteiger charge is 2.26. The van der Waals surface area contributed by atoms with E-state index in [0.29, 0.717) is 6.54 Å². The fourth-order valence-electron chi connectivity index (χ4n) is 2.49. The average molecular weight is 217 g/mol. The summed E-state index contributed by atoms with van der Waals surface area (Å²) in [4.78, 5) is 0. The van der Waals surface area contributed by atoms with Crippen molar-refractivity contribution in [1.29, 1.82) is 0 Å². The van der Waals surface area contributed by atoms with Crippen molar-refractivity contribution in [3.05, 3.63) is 35.6 Å². The lowest BCUT2D eigenvalue weighted by Gasteiger charge is -2.24. The van der Waals surface area contributed by atoms with Gasteiger partial charge in [-0.05, 0) is 31.4 Å². The van der Waals surface area contributed by atoms with Crippen LogP contribution in [0, 0.1) is 6.92 Å². The number of para-hydroxylation sites is 1. The maximum absolute atomic E-state index is 5.79. The lowest BCUT2D eigenvalue weighted by atomic mass is 9.80. The largest absolute Gasteiger partial charge is 0.461 e. The highest BCUT2D eigenvalue weighted by atomic mass is 16.3. The van der Waals surface area contributed by atoms with Crippen LogP contribution in [0.5, 0.6) is 0 Å². The molecule has 16 heavy (non-hydrogen) atoms. The summed E-state index contributed by atoms with van der Waals surface area (Å²) in [5.74, 6) is 1.01. The minimum Gasteiger partial charge on any atom is -0.461 e. The number of hydrogen-bond donors (Lipinski definition) is 1. The molecule has 0 amide bonds. The Morgan fingerprint density at radius 1 is 1.25 bits per heavy atom. The van der Waals surface area contributed by atoms with Crippen LogP contribution in [0.2, 0.25) is 0 Å². The lowest BCUT2D eigenvalue weighted by Crippen LogP contribution is -2.22. The Bertz CT molecular complexity index is 496. The van der Waals surface area contributed by atoms with Gasteiger partial charge in [-0.25, -0.2) is 0 Å². The van der Waals surface area contributed by atoms with E-state index >= 15 is 0 Å². The molecule has 0 saturated carbocycles. The fourth-order valence-corrected chi connectivity index (χ4v) is 2.49. The van der Waals surface area contributed by atoms with Gasteiger partial charge in [0.15, 0.2) is 0 Å². The molecule has 0 saturated heterocycles. The minimum atomic E-state index is 0.0748. The zero-order chi connectivity index (χ0) is 11.8. The van der Waals surface area contributed by atoms with E-state index in [2.05, 4.69) is 26.0 Å². The minimum absolute atomic E-state index is 0.0748. The molecular formula is C14H19NO. The van der Waals surface area contributed by atoms with Gasteiger partial charge in [-0.3, -0.25) is 0 Å². The van der Waals surface area contributed by atoms with Crippen molar-refractivity contribution in [2.75, 3.05) is 6.54 Å². The fraction of sp³-hybridized carbons (Fsp3) is 0.429. The SMILES string of the molecule is Cc1oc2ccccc2c1C(C)(C)CCN. The smallest absolute Gasteiger partial charge is 0.134 e. The summed E-state index contributed by atoms with van der Waals surface area (Å²) in [5.41, 5.74) is 8.03. The van der Waals surface area contributed by atoms with Crippen molar-refractivity contribution in [3.8, 4) is 0 Å². The molecule has 2 aromatic rings. The molecule has 2 nitrogen and oxygen atoms in total. The predicted octanol–water partition coefficient (Wildman–Crippen LogP) is 3.37. The van der Waals surface area contributed by atoms with E-state index in [1.165, 1.54) is 10.9 Å². The van der Waals surface area contributed by atoms with Gasteiger partial charge in [0.25, 0.3) is 0 Å². The summed E-state index contributed by atoms with van der Waals surface area (Å²) < 4.78 is 5.79. The van der Waals surface area contributed by atoms with Crippen molar-refractivity contribution in [3.63, 3.8) is 0 Å². The summed E-state index contributed by atoms with van der Waals surface area (Å²) in [6.45, 7) is 7.19. The molecule has 86 valence electrons. The van der Waals surface area contributed by atoms with Gasteiger partial charge in [0.05, 0.1) is 0 Å². The first-order chi connectivity index (χ1) is 7.56. The number of benzene rings is 1. The Kier molecular flexibility index (Phi) is 2.76. The molecule has 2 rings (SSSR count). The van der Waals surface area contributed by atoms with E-state index in [1.54, 1.807) is 0 Å². The Balaban J connectivity index is 2.63. The molecule has 0 aliphatic rings. The molecule has 0 aliphatic heterocycles. The monoisotopic (exact) mass is 217 g/mol. The molecule has 1 aromatic heterocycles. The highest BCUT2D eigenvalue weighted by Crippen LogP contribution is 2.36. The first-order valence-corrected chi connectivity index (χ1v) is 5.75. The number of rotatable bonds is 3. The molecule has 0 bridgehead atoms. The Morgan fingerprint density at radius 3 is 2.62 bits per heavy atom. The predicted molar refractivity (Wildman–Crippen MR) is 67.6 cm³/mol. The number of furan rings is 1. The number of aryl methyl sites for hydroxylation is 1. The quantitative estimate of drug-likeness (QED) is 0.856. The number of hydrogen-bond acceptors (Lipinski definition) is 2. The van der Waals surface area contributed by atoms with Crippen molar-refractivity contribution in [1.82, 2.24) is 0 Å². The van der Waals surface area contributed by atoms with E-state index in [0.717, 1.165) is 17.8 Å². The van der Waals surface area contributed by atoms with Gasteiger partial charge in [0, 0.05) is 10.9 Å². The van der Waals surface area contributed by atoms with Crippen LogP contribution in [0.25, 0.3) is 11.0 Å². The maximum Gasteiger partial charge on any atom is 0.134 e. The molecule has 0 unspecified atom stereocenters. The van der Waals surface area contributed by atoms with Crippen molar-refractivity contribution < 1.29 is 4.42 Å². The van der Waals surface area contributed by atoms with Crippen LogP contribution in [-0.2, 0) is 5.41 Å². The van der Waals surface area contributed by atoms with Crippen LogP contribution in [-0.4, -0.2) is 6.54 Å². The van der Waals surface area contributed by atoms with Gasteiger partial charge in [-0.1, -0.05) is 32.0 Å². The topological polar surface area (TPSA) is 39.2 Å². The molecule has 0 atom stereocenters. The van der Waals surface area contributed by atoms with Crippen LogP contribution >= 0.6 is 0 Å². The second kappa shape index (κ2) is 3.95. The molecule has 1 aromatic carbocycles. The zero-order valence-electron chi connectivity index (χ0n) is 10.2. The third-order valence-corrected chi connectivity index (χ3v) is 3.22. The second-order valence-corrected chi connectivity index (χ2v) is 4.95. The first-order valence-electron chi connectivity index (χ1n) is 5.75. The number of fused-ring (bicyclic) bond motifs is 1. The average Bonchev–Trinajstić information content (AvgIpc) is 2.53. The van der Waals surface area contributed by atoms with E-state index in [4.69, 9.17) is 10.2 Å². The van der Waals surface area contributed by atoms with Crippen molar-refractivity contribution in [2.45, 2.75) is 32.6 Å². The molecule has 0 fully saturated rings. The first kappa shape index (κ1) is 11.2. The van der Waals surface area contributed by atoms with E-state index < -0.39 is 0 Å². The Hall–Kier alpha value is -1.28. The van der Waals surface area contributed by atoms with Gasteiger partial charge in [0.2, 0.25) is 0 Å². The molecule has 0 spiro atoms.